The maximum absolute atomic E-state index is 10.7. The first-order valence-electron chi connectivity index (χ1n) is 5.14. The maximum atomic E-state index is 10.7. The molecule has 1 aromatic rings. The number of benzene rings is 1. The van der Waals surface area contributed by atoms with Crippen LogP contribution < -0.4 is 9.47 Å². The van der Waals surface area contributed by atoms with Gasteiger partial charge in [0.2, 0.25) is 0 Å². The van der Waals surface area contributed by atoms with Crippen LogP contribution in [0.25, 0.3) is 0 Å². The van der Waals surface area contributed by atoms with E-state index in [9.17, 15) is 4.79 Å². The van der Waals surface area contributed by atoms with Gasteiger partial charge in [0.05, 0.1) is 12.7 Å². The molecule has 0 fully saturated rings. The van der Waals surface area contributed by atoms with Gasteiger partial charge < -0.3 is 9.47 Å². The fourth-order valence-corrected chi connectivity index (χ4v) is 1.39. The number of allylic oxidation sites excluding steroid dienone is 1. The summed E-state index contributed by atoms with van der Waals surface area (Å²) >= 11 is 0. The van der Waals surface area contributed by atoms with Gasteiger partial charge in [-0.3, -0.25) is 4.79 Å². The highest BCUT2D eigenvalue weighted by molar-refractivity contribution is 5.79. The molecule has 0 amide bonds. The summed E-state index contributed by atoms with van der Waals surface area (Å²) < 4.78 is 10.7. The Balaban J connectivity index is 2.86. The van der Waals surface area contributed by atoms with E-state index < -0.39 is 0 Å². The summed E-state index contributed by atoms with van der Waals surface area (Å²) in [4.78, 5) is 10.7. The van der Waals surface area contributed by atoms with Crippen LogP contribution in [0.5, 0.6) is 11.5 Å². The van der Waals surface area contributed by atoms with E-state index in [1.807, 2.05) is 26.0 Å². The first-order chi connectivity index (χ1) is 7.71. The summed E-state index contributed by atoms with van der Waals surface area (Å²) in [6.45, 7) is 3.88. The molecule has 0 radical (unpaired) electrons. The van der Waals surface area contributed by atoms with E-state index in [4.69, 9.17) is 9.47 Å². The molecule has 0 aliphatic rings. The van der Waals surface area contributed by atoms with Crippen LogP contribution in [0.4, 0.5) is 0 Å². The number of ether oxygens (including phenoxy) is 2. The number of hydrogen-bond donors (Lipinski definition) is 0. The lowest BCUT2D eigenvalue weighted by molar-refractivity contribution is 0.112. The van der Waals surface area contributed by atoms with Gasteiger partial charge in [-0.05, 0) is 32.1 Å². The normalized spacial score (nSPS) is 12.4. The van der Waals surface area contributed by atoms with Crippen molar-refractivity contribution in [3.05, 3.63) is 35.9 Å². The van der Waals surface area contributed by atoms with Crippen LogP contribution in [-0.4, -0.2) is 19.5 Å². The summed E-state index contributed by atoms with van der Waals surface area (Å²) in [5, 5.41) is 0. The summed E-state index contributed by atoms with van der Waals surface area (Å²) in [6, 6.07) is 5.15. The fourth-order valence-electron chi connectivity index (χ4n) is 1.39. The average Bonchev–Trinajstić information content (AvgIpc) is 2.29. The highest BCUT2D eigenvalue weighted by Crippen LogP contribution is 2.24. The van der Waals surface area contributed by atoms with Crippen molar-refractivity contribution in [2.75, 3.05) is 7.11 Å². The number of carbonyl (C=O) groups is 1. The van der Waals surface area contributed by atoms with Crippen molar-refractivity contribution in [1.29, 1.82) is 0 Å². The first kappa shape index (κ1) is 12.3. The minimum atomic E-state index is -0.00297. The molecule has 3 heteroatoms. The molecular formula is C13H16O3. The van der Waals surface area contributed by atoms with Crippen molar-refractivity contribution in [2.24, 2.45) is 0 Å². The number of aldehydes is 1. The van der Waals surface area contributed by atoms with Crippen LogP contribution in [-0.2, 0) is 0 Å². The number of carbonyl (C=O) groups excluding carboxylic acids is 1. The molecule has 0 heterocycles. The zero-order valence-corrected chi connectivity index (χ0v) is 9.77. The highest BCUT2D eigenvalue weighted by atomic mass is 16.5. The maximum Gasteiger partial charge on any atom is 0.153 e. The molecular weight excluding hydrogens is 204 g/mol. The smallest absolute Gasteiger partial charge is 0.153 e. The molecule has 0 bridgehead atoms. The number of methoxy groups -OCH3 is 1. The number of rotatable bonds is 5. The molecule has 0 saturated carbocycles. The third-order valence-corrected chi connectivity index (χ3v) is 2.12. The third kappa shape index (κ3) is 3.12. The Labute approximate surface area is 95.7 Å². The molecule has 1 rings (SSSR count). The van der Waals surface area contributed by atoms with Crippen molar-refractivity contribution in [3.8, 4) is 11.5 Å². The average molecular weight is 220 g/mol. The lowest BCUT2D eigenvalue weighted by Crippen LogP contribution is -2.08. The highest BCUT2D eigenvalue weighted by Gasteiger charge is 2.05. The molecule has 3 nitrogen and oxygen atoms in total. The second-order valence-electron chi connectivity index (χ2n) is 3.37. The Morgan fingerprint density at radius 3 is 2.69 bits per heavy atom. The molecule has 0 aliphatic heterocycles. The summed E-state index contributed by atoms with van der Waals surface area (Å²) in [5.41, 5.74) is 0.522. The lowest BCUT2D eigenvalue weighted by atomic mass is 10.2. The molecule has 0 saturated heterocycles. The van der Waals surface area contributed by atoms with E-state index in [2.05, 4.69) is 0 Å². The quantitative estimate of drug-likeness (QED) is 0.565. The summed E-state index contributed by atoms with van der Waals surface area (Å²) in [5.74, 6) is 1.22. The molecule has 1 aromatic carbocycles. The first-order valence-corrected chi connectivity index (χ1v) is 5.14. The second-order valence-corrected chi connectivity index (χ2v) is 3.37. The van der Waals surface area contributed by atoms with E-state index in [-0.39, 0.29) is 6.10 Å². The van der Waals surface area contributed by atoms with E-state index >= 15 is 0 Å². The fraction of sp³-hybridized carbons (Fsp3) is 0.308. The molecule has 0 N–H and O–H groups in total. The van der Waals surface area contributed by atoms with Gasteiger partial charge >= 0.3 is 0 Å². The Hall–Kier alpha value is -1.77. The number of hydrogen-bond acceptors (Lipinski definition) is 3. The van der Waals surface area contributed by atoms with E-state index in [1.165, 1.54) is 7.11 Å². The lowest BCUT2D eigenvalue weighted by Gasteiger charge is -2.12. The van der Waals surface area contributed by atoms with Crippen molar-refractivity contribution in [2.45, 2.75) is 20.0 Å². The SMILES string of the molecule is CC=CC(C)Oc1ccc(C=O)c(OC)c1. The van der Waals surface area contributed by atoms with Crippen LogP contribution in [0.3, 0.4) is 0 Å². The van der Waals surface area contributed by atoms with E-state index in [0.29, 0.717) is 17.1 Å². The van der Waals surface area contributed by atoms with Crippen molar-refractivity contribution >= 4 is 6.29 Å². The molecule has 1 atom stereocenters. The van der Waals surface area contributed by atoms with Gasteiger partial charge in [-0.15, -0.1) is 0 Å². The summed E-state index contributed by atoms with van der Waals surface area (Å²) in [7, 11) is 1.53. The van der Waals surface area contributed by atoms with Gasteiger partial charge in [0.25, 0.3) is 0 Å². The van der Waals surface area contributed by atoms with Crippen molar-refractivity contribution in [3.63, 3.8) is 0 Å². The van der Waals surface area contributed by atoms with E-state index in [0.717, 1.165) is 6.29 Å². The van der Waals surface area contributed by atoms with Crippen molar-refractivity contribution < 1.29 is 14.3 Å². The molecule has 86 valence electrons. The van der Waals surface area contributed by atoms with Gasteiger partial charge in [0.1, 0.15) is 17.6 Å². The minimum absolute atomic E-state index is 0.00297. The molecule has 16 heavy (non-hydrogen) atoms. The van der Waals surface area contributed by atoms with E-state index in [1.54, 1.807) is 18.2 Å². The van der Waals surface area contributed by atoms with Crippen LogP contribution in [0.15, 0.2) is 30.4 Å². The van der Waals surface area contributed by atoms with Crippen LogP contribution in [0, 0.1) is 0 Å². The predicted molar refractivity (Wildman–Crippen MR) is 63.3 cm³/mol. The van der Waals surface area contributed by atoms with Gasteiger partial charge in [0, 0.05) is 6.07 Å². The third-order valence-electron chi connectivity index (χ3n) is 2.12. The molecule has 0 aromatic heterocycles. The Bertz CT molecular complexity index is 383. The van der Waals surface area contributed by atoms with Gasteiger partial charge in [-0.25, -0.2) is 0 Å². The Kier molecular flexibility index (Phi) is 4.58. The van der Waals surface area contributed by atoms with Gasteiger partial charge in [-0.2, -0.15) is 0 Å². The monoisotopic (exact) mass is 220 g/mol. The molecule has 0 aliphatic carbocycles. The van der Waals surface area contributed by atoms with Gasteiger partial charge in [0.15, 0.2) is 6.29 Å². The predicted octanol–water partition coefficient (Wildman–Crippen LogP) is 2.85. The molecule has 0 spiro atoms. The second kappa shape index (κ2) is 5.95. The van der Waals surface area contributed by atoms with Crippen LogP contribution in [0.2, 0.25) is 0 Å². The topological polar surface area (TPSA) is 35.5 Å². The summed E-state index contributed by atoms with van der Waals surface area (Å²) in [6.07, 6.45) is 4.64. The van der Waals surface area contributed by atoms with Gasteiger partial charge in [-0.1, -0.05) is 6.08 Å². The standard InChI is InChI=1S/C13H16O3/c1-4-5-10(2)16-12-7-6-11(9-14)13(8-12)15-3/h4-10H,1-3H3. The zero-order chi connectivity index (χ0) is 12.0. The van der Waals surface area contributed by atoms with Crippen molar-refractivity contribution in [1.82, 2.24) is 0 Å². The van der Waals surface area contributed by atoms with Crippen LogP contribution >= 0.6 is 0 Å². The Morgan fingerprint density at radius 2 is 2.12 bits per heavy atom. The van der Waals surface area contributed by atoms with Crippen LogP contribution in [0.1, 0.15) is 24.2 Å². The largest absolute Gasteiger partial charge is 0.496 e. The zero-order valence-electron chi connectivity index (χ0n) is 9.77. The molecule has 1 unspecified atom stereocenters. The Morgan fingerprint density at radius 1 is 1.38 bits per heavy atom. The minimum Gasteiger partial charge on any atom is -0.496 e.